The highest BCUT2D eigenvalue weighted by atomic mass is 32.2. The molecule has 1 aliphatic rings. The van der Waals surface area contributed by atoms with E-state index in [0.717, 1.165) is 12.3 Å². The molecule has 1 aromatic rings. The minimum atomic E-state index is -3.59. The zero-order valence-electron chi connectivity index (χ0n) is 8.56. The fourth-order valence-electron chi connectivity index (χ4n) is 1.57. The molecule has 1 aliphatic heterocycles. The molecule has 1 N–H and O–H groups in total. The first kappa shape index (κ1) is 11.4. The van der Waals surface area contributed by atoms with E-state index in [4.69, 9.17) is 0 Å². The van der Waals surface area contributed by atoms with Crippen LogP contribution >= 0.6 is 0 Å². The maximum absolute atomic E-state index is 12.9. The molecule has 16 heavy (non-hydrogen) atoms. The van der Waals surface area contributed by atoms with Gasteiger partial charge in [0.15, 0.2) is 0 Å². The first-order valence-electron chi connectivity index (χ1n) is 4.92. The van der Waals surface area contributed by atoms with Gasteiger partial charge in [-0.3, -0.25) is 4.98 Å². The molecule has 0 radical (unpaired) electrons. The van der Waals surface area contributed by atoms with E-state index < -0.39 is 15.8 Å². The summed E-state index contributed by atoms with van der Waals surface area (Å²) in [6, 6.07) is 0.990. The Morgan fingerprint density at radius 1 is 1.31 bits per heavy atom. The Labute approximate surface area is 93.3 Å². The second kappa shape index (κ2) is 4.44. The minimum absolute atomic E-state index is 0.0885. The lowest BCUT2D eigenvalue weighted by atomic mass is 10.4. The number of nitrogens with one attached hydrogen (secondary N) is 1. The van der Waals surface area contributed by atoms with Crippen LogP contribution in [0.25, 0.3) is 0 Å². The molecule has 0 saturated carbocycles. The highest BCUT2D eigenvalue weighted by Gasteiger charge is 2.26. The third-order valence-corrected chi connectivity index (χ3v) is 4.26. The highest BCUT2D eigenvalue weighted by molar-refractivity contribution is 7.89. The van der Waals surface area contributed by atoms with Crippen LogP contribution in [0.15, 0.2) is 23.4 Å². The Morgan fingerprint density at radius 2 is 2.00 bits per heavy atom. The highest BCUT2D eigenvalue weighted by Crippen LogP contribution is 2.15. The molecule has 5 nitrogen and oxygen atoms in total. The van der Waals surface area contributed by atoms with Crippen molar-refractivity contribution in [1.82, 2.24) is 14.6 Å². The van der Waals surface area contributed by atoms with E-state index in [1.165, 1.54) is 10.5 Å². The van der Waals surface area contributed by atoms with Crippen LogP contribution in [-0.4, -0.2) is 43.9 Å². The quantitative estimate of drug-likeness (QED) is 0.785. The average molecular weight is 245 g/mol. The zero-order chi connectivity index (χ0) is 11.6. The topological polar surface area (TPSA) is 62.3 Å². The monoisotopic (exact) mass is 245 g/mol. The van der Waals surface area contributed by atoms with Crippen LogP contribution in [0.4, 0.5) is 4.39 Å². The maximum Gasteiger partial charge on any atom is 0.244 e. The van der Waals surface area contributed by atoms with E-state index in [1.807, 2.05) is 0 Å². The van der Waals surface area contributed by atoms with Crippen molar-refractivity contribution in [3.63, 3.8) is 0 Å². The molecule has 1 fully saturated rings. The molecule has 0 aliphatic carbocycles. The van der Waals surface area contributed by atoms with Gasteiger partial charge in [0.1, 0.15) is 10.7 Å². The number of hydrogen-bond donors (Lipinski definition) is 1. The predicted molar refractivity (Wildman–Crippen MR) is 55.8 cm³/mol. The van der Waals surface area contributed by atoms with Crippen molar-refractivity contribution in [2.24, 2.45) is 0 Å². The fourth-order valence-corrected chi connectivity index (χ4v) is 2.98. The Morgan fingerprint density at radius 3 is 2.62 bits per heavy atom. The van der Waals surface area contributed by atoms with Gasteiger partial charge in [-0.1, -0.05) is 0 Å². The number of rotatable bonds is 2. The molecule has 0 unspecified atom stereocenters. The van der Waals surface area contributed by atoms with Crippen molar-refractivity contribution < 1.29 is 12.8 Å². The van der Waals surface area contributed by atoms with Gasteiger partial charge in [-0.15, -0.1) is 0 Å². The number of halogens is 1. The summed E-state index contributed by atoms with van der Waals surface area (Å²) in [5.41, 5.74) is 0. The molecular weight excluding hydrogens is 233 g/mol. The summed E-state index contributed by atoms with van der Waals surface area (Å²) in [5, 5.41) is 3.05. The molecule has 2 heterocycles. The summed E-state index contributed by atoms with van der Waals surface area (Å²) in [6.07, 6.45) is 2.15. The van der Waals surface area contributed by atoms with Crippen molar-refractivity contribution in [3.8, 4) is 0 Å². The Kier molecular flexibility index (Phi) is 3.17. The van der Waals surface area contributed by atoms with Crippen LogP contribution in [-0.2, 0) is 10.0 Å². The molecule has 0 spiro atoms. The third-order valence-electron chi connectivity index (χ3n) is 2.39. The molecule has 88 valence electrons. The minimum Gasteiger partial charge on any atom is -0.314 e. The van der Waals surface area contributed by atoms with Crippen LogP contribution in [0.2, 0.25) is 0 Å². The van der Waals surface area contributed by atoms with Crippen LogP contribution in [0.5, 0.6) is 0 Å². The fraction of sp³-hybridized carbons (Fsp3) is 0.444. The molecule has 0 amide bonds. The van der Waals surface area contributed by atoms with Gasteiger partial charge in [-0.25, -0.2) is 12.8 Å². The second-order valence-corrected chi connectivity index (χ2v) is 5.43. The van der Waals surface area contributed by atoms with Gasteiger partial charge in [-0.05, 0) is 6.07 Å². The molecule has 0 bridgehead atoms. The first-order valence-corrected chi connectivity index (χ1v) is 6.36. The number of hydrogen-bond acceptors (Lipinski definition) is 4. The molecule has 2 rings (SSSR count). The summed E-state index contributed by atoms with van der Waals surface area (Å²) in [6.45, 7) is 2.03. The zero-order valence-corrected chi connectivity index (χ0v) is 9.37. The van der Waals surface area contributed by atoms with E-state index in [9.17, 15) is 12.8 Å². The van der Waals surface area contributed by atoms with Gasteiger partial charge >= 0.3 is 0 Å². The Bertz CT molecular complexity index is 471. The predicted octanol–water partition coefficient (Wildman–Crippen LogP) is -0.185. The van der Waals surface area contributed by atoms with E-state index >= 15 is 0 Å². The lowest BCUT2D eigenvalue weighted by Crippen LogP contribution is -2.46. The van der Waals surface area contributed by atoms with Crippen molar-refractivity contribution >= 4 is 10.0 Å². The molecular formula is C9H12FN3O2S. The van der Waals surface area contributed by atoms with Crippen LogP contribution in [0, 0.1) is 5.82 Å². The Hall–Kier alpha value is -1.05. The number of nitrogens with zero attached hydrogens (tertiary/aromatic N) is 2. The van der Waals surface area contributed by atoms with E-state index in [2.05, 4.69) is 10.3 Å². The average Bonchev–Trinajstić information content (AvgIpc) is 2.30. The van der Waals surface area contributed by atoms with Gasteiger partial charge in [-0.2, -0.15) is 4.31 Å². The lowest BCUT2D eigenvalue weighted by molar-refractivity contribution is 0.360. The normalized spacial score (nSPS) is 18.6. The van der Waals surface area contributed by atoms with Crippen molar-refractivity contribution in [1.29, 1.82) is 0 Å². The van der Waals surface area contributed by atoms with Gasteiger partial charge in [0, 0.05) is 32.4 Å². The number of sulfonamides is 1. The van der Waals surface area contributed by atoms with E-state index in [-0.39, 0.29) is 4.90 Å². The largest absolute Gasteiger partial charge is 0.314 e. The van der Waals surface area contributed by atoms with Crippen LogP contribution in [0.1, 0.15) is 0 Å². The summed E-state index contributed by atoms with van der Waals surface area (Å²) in [5.74, 6) is -0.642. The smallest absolute Gasteiger partial charge is 0.244 e. The van der Waals surface area contributed by atoms with Crippen molar-refractivity contribution in [2.45, 2.75) is 4.90 Å². The third kappa shape index (κ3) is 2.21. The molecule has 1 saturated heterocycles. The van der Waals surface area contributed by atoms with Crippen LogP contribution in [0.3, 0.4) is 0 Å². The van der Waals surface area contributed by atoms with E-state index in [0.29, 0.717) is 26.2 Å². The van der Waals surface area contributed by atoms with Crippen molar-refractivity contribution in [3.05, 3.63) is 24.3 Å². The number of piperazine rings is 1. The summed E-state index contributed by atoms with van der Waals surface area (Å²) in [4.78, 5) is 3.46. The van der Waals surface area contributed by atoms with E-state index in [1.54, 1.807) is 0 Å². The first-order chi connectivity index (χ1) is 7.60. The summed E-state index contributed by atoms with van der Waals surface area (Å²) in [7, 11) is -3.59. The Balaban J connectivity index is 2.30. The molecule has 1 aromatic heterocycles. The summed E-state index contributed by atoms with van der Waals surface area (Å²) >= 11 is 0. The number of pyridine rings is 1. The molecule has 7 heteroatoms. The molecule has 0 atom stereocenters. The van der Waals surface area contributed by atoms with Gasteiger partial charge < -0.3 is 5.32 Å². The van der Waals surface area contributed by atoms with Gasteiger partial charge in [0.2, 0.25) is 10.0 Å². The molecule has 0 aromatic carbocycles. The standard InChI is InChI=1S/C9H12FN3O2S/c10-8-5-9(7-12-6-8)16(14,15)13-3-1-11-2-4-13/h5-7,11H,1-4H2. The second-order valence-electron chi connectivity index (χ2n) is 3.49. The van der Waals surface area contributed by atoms with Gasteiger partial charge in [0.25, 0.3) is 0 Å². The van der Waals surface area contributed by atoms with Crippen LogP contribution < -0.4 is 5.32 Å². The number of aromatic nitrogens is 1. The maximum atomic E-state index is 12.9. The lowest BCUT2D eigenvalue weighted by Gasteiger charge is -2.26. The summed E-state index contributed by atoms with van der Waals surface area (Å²) < 4.78 is 38.3. The SMILES string of the molecule is O=S(=O)(c1cncc(F)c1)N1CCNCC1. The van der Waals surface area contributed by atoms with Crippen molar-refractivity contribution in [2.75, 3.05) is 26.2 Å². The van der Waals surface area contributed by atoms with Gasteiger partial charge in [0.05, 0.1) is 6.20 Å².